The summed E-state index contributed by atoms with van der Waals surface area (Å²) < 4.78 is 5.28. The van der Waals surface area contributed by atoms with E-state index in [9.17, 15) is 5.11 Å². The van der Waals surface area contributed by atoms with Gasteiger partial charge in [-0.2, -0.15) is 0 Å². The molecule has 0 saturated carbocycles. The minimum atomic E-state index is -0.667. The molecule has 0 bridgehead atoms. The molecule has 23 heavy (non-hydrogen) atoms. The summed E-state index contributed by atoms with van der Waals surface area (Å²) in [7, 11) is 2.01. The third-order valence-corrected chi connectivity index (χ3v) is 3.79. The van der Waals surface area contributed by atoms with E-state index >= 15 is 0 Å². The fourth-order valence-corrected chi connectivity index (χ4v) is 2.61. The zero-order valence-corrected chi connectivity index (χ0v) is 14.0. The van der Waals surface area contributed by atoms with E-state index in [1.807, 2.05) is 13.1 Å². The van der Waals surface area contributed by atoms with Gasteiger partial charge in [-0.15, -0.1) is 0 Å². The van der Waals surface area contributed by atoms with Gasteiger partial charge in [0.15, 0.2) is 6.10 Å². The number of aliphatic hydroxyl groups excluding tert-OH is 1. The molecule has 0 saturated heterocycles. The summed E-state index contributed by atoms with van der Waals surface area (Å²) >= 11 is 0. The molecule has 2 heterocycles. The van der Waals surface area contributed by atoms with Crippen LogP contribution in [0.5, 0.6) is 0 Å². The second kappa shape index (κ2) is 10.7. The summed E-state index contributed by atoms with van der Waals surface area (Å²) in [6, 6.07) is 3.62. The highest BCUT2D eigenvalue weighted by Crippen LogP contribution is 2.28. The lowest BCUT2D eigenvalue weighted by Gasteiger charge is -2.20. The number of hydrogen-bond acceptors (Lipinski definition) is 5. The first-order chi connectivity index (χ1) is 11.1. The molecule has 0 fully saturated rings. The summed E-state index contributed by atoms with van der Waals surface area (Å²) in [4.78, 5) is 12.7. The maximum atomic E-state index is 10.3. The molecule has 1 aliphatic rings. The molecule has 0 radical (unpaired) electrons. The lowest BCUT2D eigenvalue weighted by atomic mass is 10.1. The van der Waals surface area contributed by atoms with Crippen molar-refractivity contribution in [2.24, 2.45) is 0 Å². The molecular weight excluding hydrogens is 296 g/mol. The Morgan fingerprint density at radius 1 is 1.35 bits per heavy atom. The number of nitrogens with zero attached hydrogens (tertiary/aromatic N) is 2. The number of rotatable bonds is 8. The van der Waals surface area contributed by atoms with E-state index in [1.54, 1.807) is 12.3 Å². The van der Waals surface area contributed by atoms with Gasteiger partial charge in [-0.3, -0.25) is 4.79 Å². The molecular formula is C17H28N2O4. The van der Waals surface area contributed by atoms with Gasteiger partial charge in [-0.1, -0.05) is 32.6 Å². The largest absolute Gasteiger partial charge is 0.483 e. The normalized spacial score (nSPS) is 15.0. The smallest absolute Gasteiger partial charge is 0.290 e. The number of carboxylic acid groups (broad SMARTS) is 1. The monoisotopic (exact) mass is 324 g/mol. The van der Waals surface area contributed by atoms with Crippen molar-refractivity contribution < 1.29 is 19.4 Å². The van der Waals surface area contributed by atoms with Crippen LogP contribution in [0, 0.1) is 0 Å². The molecule has 6 nitrogen and oxygen atoms in total. The zero-order chi connectivity index (χ0) is 17.1. The summed E-state index contributed by atoms with van der Waals surface area (Å²) in [5.74, 6) is 0.605. The van der Waals surface area contributed by atoms with Crippen LogP contribution in [0.3, 0.4) is 0 Å². The fourth-order valence-electron chi connectivity index (χ4n) is 2.61. The Morgan fingerprint density at radius 3 is 2.65 bits per heavy atom. The predicted octanol–water partition coefficient (Wildman–Crippen LogP) is 3.03. The number of unbranched alkanes of at least 4 members (excludes halogenated alkanes) is 4. The molecule has 1 unspecified atom stereocenters. The fraction of sp³-hybridized carbons (Fsp3) is 0.588. The Labute approximate surface area is 138 Å². The van der Waals surface area contributed by atoms with Gasteiger partial charge in [-0.05, 0) is 18.6 Å². The molecule has 1 aromatic heterocycles. The van der Waals surface area contributed by atoms with Crippen LogP contribution in [-0.4, -0.2) is 46.7 Å². The Kier molecular flexibility index (Phi) is 8.90. The summed E-state index contributed by atoms with van der Waals surface area (Å²) in [5, 5.41) is 17.2. The number of carbonyl (C=O) groups is 1. The molecule has 6 heteroatoms. The molecule has 0 spiro atoms. The van der Waals surface area contributed by atoms with Gasteiger partial charge in [0.25, 0.3) is 6.47 Å². The van der Waals surface area contributed by atoms with Crippen LogP contribution in [-0.2, 0) is 4.79 Å². The second-order valence-electron chi connectivity index (χ2n) is 5.64. The third-order valence-electron chi connectivity index (χ3n) is 3.79. The number of aliphatic hydroxyl groups is 1. The van der Waals surface area contributed by atoms with Crippen LogP contribution in [0.1, 0.15) is 50.9 Å². The molecule has 1 aliphatic heterocycles. The molecule has 2 rings (SSSR count). The lowest BCUT2D eigenvalue weighted by molar-refractivity contribution is -0.122. The van der Waals surface area contributed by atoms with E-state index in [0.29, 0.717) is 5.76 Å². The van der Waals surface area contributed by atoms with Crippen molar-refractivity contribution in [3.8, 4) is 0 Å². The topological polar surface area (TPSA) is 77.2 Å². The maximum Gasteiger partial charge on any atom is 0.290 e. The van der Waals surface area contributed by atoms with E-state index in [-0.39, 0.29) is 6.47 Å². The Hall–Kier alpha value is -1.95. The standard InChI is InChI=1S/C16H26N2O2.CH2O2/c1-3-4-5-6-7-10-18-12-14(17(2)13-18)16(19)15-9-8-11-20-15;2-1-3/h8-9,11-12,16,19H,3-7,10,13H2,1-2H3;1H,(H,2,3). The van der Waals surface area contributed by atoms with Gasteiger partial charge in [0.1, 0.15) is 5.76 Å². The van der Waals surface area contributed by atoms with Gasteiger partial charge < -0.3 is 24.4 Å². The van der Waals surface area contributed by atoms with Crippen molar-refractivity contribution in [2.75, 3.05) is 20.3 Å². The SMILES string of the molecule is CCCCCCCN1C=C(C(O)c2ccco2)N(C)C1.O=CO. The first-order valence-corrected chi connectivity index (χ1v) is 8.10. The molecule has 0 amide bonds. The van der Waals surface area contributed by atoms with Crippen LogP contribution in [0.25, 0.3) is 0 Å². The van der Waals surface area contributed by atoms with Crippen molar-refractivity contribution in [1.82, 2.24) is 9.80 Å². The van der Waals surface area contributed by atoms with Crippen molar-refractivity contribution in [1.29, 1.82) is 0 Å². The van der Waals surface area contributed by atoms with E-state index in [1.165, 1.54) is 32.1 Å². The van der Waals surface area contributed by atoms with Crippen molar-refractivity contribution >= 4 is 6.47 Å². The van der Waals surface area contributed by atoms with Crippen LogP contribution in [0.2, 0.25) is 0 Å². The molecule has 1 atom stereocenters. The van der Waals surface area contributed by atoms with Crippen LogP contribution in [0.15, 0.2) is 34.7 Å². The van der Waals surface area contributed by atoms with Gasteiger partial charge in [-0.25, -0.2) is 0 Å². The molecule has 0 aromatic carbocycles. The first kappa shape index (κ1) is 19.1. The lowest BCUT2D eigenvalue weighted by Crippen LogP contribution is -2.25. The molecule has 2 N–H and O–H groups in total. The first-order valence-electron chi connectivity index (χ1n) is 8.10. The third kappa shape index (κ3) is 6.36. The van der Waals surface area contributed by atoms with E-state index in [0.717, 1.165) is 18.9 Å². The maximum absolute atomic E-state index is 10.3. The Morgan fingerprint density at radius 2 is 2.04 bits per heavy atom. The molecule has 130 valence electrons. The highest BCUT2D eigenvalue weighted by molar-refractivity contribution is 5.32. The van der Waals surface area contributed by atoms with Gasteiger partial charge in [0, 0.05) is 19.8 Å². The van der Waals surface area contributed by atoms with Crippen LogP contribution < -0.4 is 0 Å². The summed E-state index contributed by atoms with van der Waals surface area (Å²) in [5.41, 5.74) is 0.911. The zero-order valence-electron chi connectivity index (χ0n) is 14.0. The van der Waals surface area contributed by atoms with Crippen molar-refractivity contribution in [3.05, 3.63) is 36.1 Å². The number of likely N-dealkylation sites (N-methyl/N-ethyl adjacent to an activating group) is 1. The minimum Gasteiger partial charge on any atom is -0.483 e. The van der Waals surface area contributed by atoms with Gasteiger partial charge in [0.2, 0.25) is 0 Å². The van der Waals surface area contributed by atoms with Crippen LogP contribution in [0.4, 0.5) is 0 Å². The highest BCUT2D eigenvalue weighted by atomic mass is 16.4. The predicted molar refractivity (Wildman–Crippen MR) is 88.5 cm³/mol. The number of hydrogen-bond donors (Lipinski definition) is 2. The van der Waals surface area contributed by atoms with Crippen molar-refractivity contribution in [3.63, 3.8) is 0 Å². The van der Waals surface area contributed by atoms with E-state index in [2.05, 4.69) is 22.9 Å². The Bertz CT molecular complexity index is 459. The van der Waals surface area contributed by atoms with Crippen molar-refractivity contribution in [2.45, 2.75) is 45.1 Å². The number of furan rings is 1. The molecule has 0 aliphatic carbocycles. The quantitative estimate of drug-likeness (QED) is 0.565. The summed E-state index contributed by atoms with van der Waals surface area (Å²) in [6.45, 7) is 3.89. The Balaban J connectivity index is 0.000000816. The van der Waals surface area contributed by atoms with Gasteiger partial charge in [0.05, 0.1) is 18.6 Å². The summed E-state index contributed by atoms with van der Waals surface area (Å²) in [6.07, 6.45) is 9.44. The van der Waals surface area contributed by atoms with E-state index < -0.39 is 6.10 Å². The average Bonchev–Trinajstić information content (AvgIpc) is 3.17. The minimum absolute atomic E-state index is 0.250. The molecule has 1 aromatic rings. The highest BCUT2D eigenvalue weighted by Gasteiger charge is 2.25. The average molecular weight is 324 g/mol. The van der Waals surface area contributed by atoms with Gasteiger partial charge >= 0.3 is 0 Å². The van der Waals surface area contributed by atoms with Crippen LogP contribution >= 0.6 is 0 Å². The van der Waals surface area contributed by atoms with E-state index in [4.69, 9.17) is 14.3 Å². The second-order valence-corrected chi connectivity index (χ2v) is 5.64.